The van der Waals surface area contributed by atoms with Gasteiger partial charge in [0.25, 0.3) is 5.91 Å². The number of halogens is 4. The summed E-state index contributed by atoms with van der Waals surface area (Å²) >= 11 is 13.6. The number of carbonyl (C=O) groups is 1. The molecule has 0 saturated heterocycles. The highest BCUT2D eigenvalue weighted by molar-refractivity contribution is 14.1. The summed E-state index contributed by atoms with van der Waals surface area (Å²) in [6, 6.07) is 11.0. The molecule has 98 valence electrons. The zero-order valence-corrected chi connectivity index (χ0v) is 16.0. The van der Waals surface area contributed by atoms with E-state index in [4.69, 9.17) is 11.6 Å². The molecule has 0 saturated carbocycles. The zero-order valence-electron chi connectivity index (χ0n) is 9.38. The summed E-state index contributed by atoms with van der Waals surface area (Å²) in [7, 11) is 0. The molecule has 2 aromatic carbocycles. The first-order valence-electron chi connectivity index (χ1n) is 5.19. The Morgan fingerprint density at radius 3 is 2.58 bits per heavy atom. The average Bonchev–Trinajstić information content (AvgIpc) is 2.35. The van der Waals surface area contributed by atoms with Gasteiger partial charge < -0.3 is 5.32 Å². The van der Waals surface area contributed by atoms with Gasteiger partial charge in [-0.25, -0.2) is 0 Å². The molecule has 0 aliphatic carbocycles. The van der Waals surface area contributed by atoms with Crippen LogP contribution in [0.3, 0.4) is 0 Å². The summed E-state index contributed by atoms with van der Waals surface area (Å²) in [6.07, 6.45) is 0. The minimum Gasteiger partial charge on any atom is -0.321 e. The van der Waals surface area contributed by atoms with Gasteiger partial charge in [0.05, 0.1) is 11.3 Å². The van der Waals surface area contributed by atoms with Gasteiger partial charge in [0.2, 0.25) is 0 Å². The van der Waals surface area contributed by atoms with Crippen molar-refractivity contribution >= 4 is 84.3 Å². The second-order valence-electron chi connectivity index (χ2n) is 3.70. The van der Waals surface area contributed by atoms with Crippen LogP contribution in [0.4, 0.5) is 5.69 Å². The van der Waals surface area contributed by atoms with Crippen molar-refractivity contribution in [1.82, 2.24) is 0 Å². The molecule has 0 aliphatic heterocycles. The maximum absolute atomic E-state index is 12.2. The summed E-state index contributed by atoms with van der Waals surface area (Å²) in [5.74, 6) is -0.148. The molecule has 0 unspecified atom stereocenters. The van der Waals surface area contributed by atoms with Crippen LogP contribution < -0.4 is 5.32 Å². The summed E-state index contributed by atoms with van der Waals surface area (Å²) in [5.41, 5.74) is 1.36. The first kappa shape index (κ1) is 15.5. The van der Waals surface area contributed by atoms with Crippen LogP contribution >= 0.6 is 72.7 Å². The van der Waals surface area contributed by atoms with Gasteiger partial charge in [-0.1, -0.05) is 11.6 Å². The van der Waals surface area contributed by atoms with Crippen molar-refractivity contribution in [2.45, 2.75) is 0 Å². The van der Waals surface area contributed by atoms with E-state index in [-0.39, 0.29) is 5.91 Å². The molecule has 19 heavy (non-hydrogen) atoms. The number of anilines is 1. The van der Waals surface area contributed by atoms with Crippen molar-refractivity contribution in [2.75, 3.05) is 5.32 Å². The maximum Gasteiger partial charge on any atom is 0.256 e. The lowest BCUT2D eigenvalue weighted by molar-refractivity contribution is 0.102. The lowest BCUT2D eigenvalue weighted by Gasteiger charge is -2.09. The van der Waals surface area contributed by atoms with Crippen LogP contribution in [0, 0.1) is 7.14 Å². The quantitative estimate of drug-likeness (QED) is 0.478. The number of rotatable bonds is 2. The van der Waals surface area contributed by atoms with E-state index in [1.165, 1.54) is 0 Å². The normalized spacial score (nSPS) is 10.3. The molecule has 0 radical (unpaired) electrons. The molecule has 1 amide bonds. The first-order valence-corrected chi connectivity index (χ1v) is 8.51. The molecule has 0 heterocycles. The highest BCUT2D eigenvalue weighted by Crippen LogP contribution is 2.25. The fourth-order valence-electron chi connectivity index (χ4n) is 1.45. The third kappa shape index (κ3) is 4.05. The molecule has 1 N–H and O–H groups in total. The zero-order chi connectivity index (χ0) is 14.0. The molecular weight excluding hydrogens is 555 g/mol. The van der Waals surface area contributed by atoms with Crippen molar-refractivity contribution < 1.29 is 4.79 Å². The Hall–Kier alpha value is 0.140. The van der Waals surface area contributed by atoms with Crippen molar-refractivity contribution in [1.29, 1.82) is 0 Å². The number of benzene rings is 2. The Balaban J connectivity index is 2.28. The number of amides is 1. The molecule has 0 atom stereocenters. The van der Waals surface area contributed by atoms with Crippen molar-refractivity contribution in [2.24, 2.45) is 0 Å². The molecular formula is C13H7BrClI2NO. The lowest BCUT2D eigenvalue weighted by atomic mass is 10.2. The van der Waals surface area contributed by atoms with Crippen molar-refractivity contribution in [3.05, 3.63) is 58.6 Å². The first-order chi connectivity index (χ1) is 8.97. The number of hydrogen-bond donors (Lipinski definition) is 1. The average molecular weight is 562 g/mol. The van der Waals surface area contributed by atoms with E-state index in [0.717, 1.165) is 17.3 Å². The second-order valence-corrected chi connectivity index (χ2v) is 7.40. The fraction of sp³-hybridized carbons (Fsp3) is 0. The largest absolute Gasteiger partial charge is 0.321 e. The smallest absolute Gasteiger partial charge is 0.256 e. The summed E-state index contributed by atoms with van der Waals surface area (Å²) in [4.78, 5) is 12.2. The summed E-state index contributed by atoms with van der Waals surface area (Å²) < 4.78 is 2.69. The van der Waals surface area contributed by atoms with Crippen molar-refractivity contribution in [3.63, 3.8) is 0 Å². The van der Waals surface area contributed by atoms with Gasteiger partial charge >= 0.3 is 0 Å². The SMILES string of the molecule is O=C(Nc1ccc(Cl)cc1I)c1cc(I)ccc1Br. The summed E-state index contributed by atoms with van der Waals surface area (Å²) in [6.45, 7) is 0. The van der Waals surface area contributed by atoms with Crippen LogP contribution in [-0.2, 0) is 0 Å². The van der Waals surface area contributed by atoms with Crippen LogP contribution in [0.1, 0.15) is 10.4 Å². The molecule has 0 spiro atoms. The Bertz CT molecular complexity index is 649. The number of nitrogens with one attached hydrogen (secondary N) is 1. The Morgan fingerprint density at radius 1 is 1.16 bits per heavy atom. The fourth-order valence-corrected chi connectivity index (χ4v) is 3.38. The van der Waals surface area contributed by atoms with Gasteiger partial charge in [0.1, 0.15) is 0 Å². The van der Waals surface area contributed by atoms with Gasteiger partial charge in [-0.3, -0.25) is 4.79 Å². The van der Waals surface area contributed by atoms with Crippen LogP contribution in [0.25, 0.3) is 0 Å². The highest BCUT2D eigenvalue weighted by Gasteiger charge is 2.12. The van der Waals surface area contributed by atoms with Gasteiger partial charge in [-0.15, -0.1) is 0 Å². The van der Waals surface area contributed by atoms with E-state index in [1.54, 1.807) is 12.1 Å². The third-order valence-electron chi connectivity index (χ3n) is 2.35. The molecule has 0 aliphatic rings. The topological polar surface area (TPSA) is 29.1 Å². The van der Waals surface area contributed by atoms with Crippen LogP contribution in [0.5, 0.6) is 0 Å². The predicted octanol–water partition coefficient (Wildman–Crippen LogP) is 5.56. The predicted molar refractivity (Wildman–Crippen MR) is 99.0 cm³/mol. The maximum atomic E-state index is 12.2. The molecule has 2 aromatic rings. The standard InChI is InChI=1S/C13H7BrClI2NO/c14-10-3-2-8(16)6-9(10)13(19)18-12-4-1-7(15)5-11(12)17/h1-6H,(H,18,19). The van der Waals surface area contributed by atoms with Gasteiger partial charge in [-0.05, 0) is 97.5 Å². The Morgan fingerprint density at radius 2 is 1.89 bits per heavy atom. The monoisotopic (exact) mass is 561 g/mol. The summed E-state index contributed by atoms with van der Waals surface area (Å²) in [5, 5.41) is 3.53. The van der Waals surface area contributed by atoms with Gasteiger partial charge in [0, 0.05) is 16.6 Å². The Labute approximate surface area is 151 Å². The van der Waals surface area contributed by atoms with E-state index < -0.39 is 0 Å². The molecule has 0 bridgehead atoms. The molecule has 2 rings (SSSR count). The van der Waals surface area contributed by atoms with Gasteiger partial charge in [0.15, 0.2) is 0 Å². The van der Waals surface area contributed by atoms with Crippen LogP contribution in [0.2, 0.25) is 5.02 Å². The molecule has 0 fully saturated rings. The lowest BCUT2D eigenvalue weighted by Crippen LogP contribution is -2.13. The second kappa shape index (κ2) is 6.73. The van der Waals surface area contributed by atoms with Crippen LogP contribution in [0.15, 0.2) is 40.9 Å². The Kier molecular flexibility index (Phi) is 5.50. The van der Waals surface area contributed by atoms with Crippen LogP contribution in [-0.4, -0.2) is 5.91 Å². The third-order valence-corrected chi connectivity index (χ3v) is 4.84. The minimum atomic E-state index is -0.148. The van der Waals surface area contributed by atoms with E-state index >= 15 is 0 Å². The van der Waals surface area contributed by atoms with E-state index in [0.29, 0.717) is 10.6 Å². The molecule has 2 nitrogen and oxygen atoms in total. The molecule has 6 heteroatoms. The van der Waals surface area contributed by atoms with E-state index in [2.05, 4.69) is 66.4 Å². The highest BCUT2D eigenvalue weighted by atomic mass is 127. The van der Waals surface area contributed by atoms with E-state index in [1.807, 2.05) is 24.3 Å². The number of carbonyl (C=O) groups excluding carboxylic acids is 1. The van der Waals surface area contributed by atoms with Gasteiger partial charge in [-0.2, -0.15) is 0 Å². The molecule has 0 aromatic heterocycles. The minimum absolute atomic E-state index is 0.148. The van der Waals surface area contributed by atoms with Crippen molar-refractivity contribution in [3.8, 4) is 0 Å². The number of hydrogen-bond acceptors (Lipinski definition) is 1. The van der Waals surface area contributed by atoms with E-state index in [9.17, 15) is 4.79 Å².